The highest BCUT2D eigenvalue weighted by atomic mass is 32.1. The molecule has 0 aliphatic carbocycles. The maximum Gasteiger partial charge on any atom is 0.356 e. The van der Waals surface area contributed by atoms with Crippen molar-refractivity contribution in [3.8, 4) is 0 Å². The third-order valence-corrected chi connectivity index (χ3v) is 4.24. The van der Waals surface area contributed by atoms with Crippen LogP contribution in [0.2, 0.25) is 0 Å². The van der Waals surface area contributed by atoms with Gasteiger partial charge in [0.15, 0.2) is 11.7 Å². The van der Waals surface area contributed by atoms with Gasteiger partial charge in [-0.2, -0.15) is 5.10 Å². The summed E-state index contributed by atoms with van der Waals surface area (Å²) in [5.74, 6) is -0.935. The maximum absolute atomic E-state index is 12.3. The van der Waals surface area contributed by atoms with Crippen LogP contribution in [0.25, 0.3) is 10.2 Å². The summed E-state index contributed by atoms with van der Waals surface area (Å²) in [5.41, 5.74) is 1.05. The average molecular weight is 330 g/mol. The number of aromatic nitrogens is 3. The van der Waals surface area contributed by atoms with Gasteiger partial charge in [-0.3, -0.25) is 14.8 Å². The largest absolute Gasteiger partial charge is 0.451 e. The Kier molecular flexibility index (Phi) is 4.33. The summed E-state index contributed by atoms with van der Waals surface area (Å²) in [6.45, 7) is 1.95. The third kappa shape index (κ3) is 3.21. The van der Waals surface area contributed by atoms with E-state index in [9.17, 15) is 9.59 Å². The van der Waals surface area contributed by atoms with Crippen LogP contribution in [0.1, 0.15) is 17.4 Å². The number of para-hydroxylation sites is 1. The number of rotatable bonds is 5. The Morgan fingerprint density at radius 3 is 2.83 bits per heavy atom. The fourth-order valence-electron chi connectivity index (χ4n) is 2.05. The number of anilines is 1. The van der Waals surface area contributed by atoms with Crippen LogP contribution in [0, 0.1) is 0 Å². The van der Waals surface area contributed by atoms with Crippen LogP contribution in [0.5, 0.6) is 0 Å². The van der Waals surface area contributed by atoms with Crippen molar-refractivity contribution in [3.63, 3.8) is 0 Å². The smallest absolute Gasteiger partial charge is 0.356 e. The van der Waals surface area contributed by atoms with E-state index >= 15 is 0 Å². The van der Waals surface area contributed by atoms with Crippen LogP contribution >= 0.6 is 11.3 Å². The van der Waals surface area contributed by atoms with Gasteiger partial charge in [0.2, 0.25) is 0 Å². The number of amides is 1. The number of nitrogens with zero attached hydrogens (tertiary/aromatic N) is 3. The van der Waals surface area contributed by atoms with E-state index in [1.807, 2.05) is 31.2 Å². The van der Waals surface area contributed by atoms with Crippen molar-refractivity contribution in [2.45, 2.75) is 6.92 Å². The van der Waals surface area contributed by atoms with E-state index in [2.05, 4.69) is 15.2 Å². The molecule has 8 heteroatoms. The summed E-state index contributed by atoms with van der Waals surface area (Å²) in [4.78, 5) is 30.0. The molecule has 0 radical (unpaired) electrons. The van der Waals surface area contributed by atoms with Gasteiger partial charge in [0.1, 0.15) is 5.69 Å². The van der Waals surface area contributed by atoms with Crippen LogP contribution in [-0.2, 0) is 9.53 Å². The van der Waals surface area contributed by atoms with Gasteiger partial charge in [-0.1, -0.05) is 23.5 Å². The Labute approximate surface area is 135 Å². The number of nitrogens with one attached hydrogen (secondary N) is 1. The van der Waals surface area contributed by atoms with Crippen molar-refractivity contribution in [1.29, 1.82) is 0 Å². The molecular weight excluding hydrogens is 316 g/mol. The van der Waals surface area contributed by atoms with Crippen molar-refractivity contribution in [1.82, 2.24) is 15.2 Å². The predicted molar refractivity (Wildman–Crippen MR) is 86.5 cm³/mol. The van der Waals surface area contributed by atoms with Crippen LogP contribution in [0.4, 0.5) is 5.13 Å². The number of aromatic amines is 1. The molecule has 0 atom stereocenters. The lowest BCUT2D eigenvalue weighted by atomic mass is 10.3. The molecule has 0 spiro atoms. The van der Waals surface area contributed by atoms with Crippen LogP contribution in [-0.4, -0.2) is 40.2 Å². The maximum atomic E-state index is 12.3. The van der Waals surface area contributed by atoms with E-state index in [1.54, 1.807) is 0 Å². The summed E-state index contributed by atoms with van der Waals surface area (Å²) in [5, 5.41) is 6.75. The van der Waals surface area contributed by atoms with Gasteiger partial charge in [-0.05, 0) is 25.1 Å². The fraction of sp³-hybridized carbons (Fsp3) is 0.200. The SMILES string of the molecule is CCN(C(=O)COC(=O)c1ccn[nH]1)c1nc2ccccc2s1. The lowest BCUT2D eigenvalue weighted by Gasteiger charge is -2.17. The molecule has 2 heterocycles. The molecule has 3 rings (SSSR count). The first-order chi connectivity index (χ1) is 11.2. The summed E-state index contributed by atoms with van der Waals surface area (Å²) < 4.78 is 6.00. The number of H-pyrrole nitrogens is 1. The van der Waals surface area contributed by atoms with Gasteiger partial charge < -0.3 is 4.74 Å². The summed E-state index contributed by atoms with van der Waals surface area (Å²) in [6.07, 6.45) is 1.44. The zero-order valence-electron chi connectivity index (χ0n) is 12.4. The van der Waals surface area contributed by atoms with Gasteiger partial charge in [0.25, 0.3) is 5.91 Å². The fourth-order valence-corrected chi connectivity index (χ4v) is 3.09. The number of carbonyl (C=O) groups excluding carboxylic acids is 2. The number of carbonyl (C=O) groups is 2. The Hall–Kier alpha value is -2.74. The van der Waals surface area contributed by atoms with Crippen molar-refractivity contribution < 1.29 is 14.3 Å². The van der Waals surface area contributed by atoms with Gasteiger partial charge in [-0.15, -0.1) is 0 Å². The topological polar surface area (TPSA) is 88.2 Å². The summed E-state index contributed by atoms with van der Waals surface area (Å²) in [6, 6.07) is 9.15. The Morgan fingerprint density at radius 2 is 2.13 bits per heavy atom. The molecule has 2 aromatic heterocycles. The van der Waals surface area contributed by atoms with E-state index in [0.29, 0.717) is 11.7 Å². The van der Waals surface area contributed by atoms with E-state index in [-0.39, 0.29) is 18.2 Å². The molecule has 7 nitrogen and oxygen atoms in total. The monoisotopic (exact) mass is 330 g/mol. The van der Waals surface area contributed by atoms with Gasteiger partial charge in [0, 0.05) is 12.7 Å². The first-order valence-corrected chi connectivity index (χ1v) is 7.83. The van der Waals surface area contributed by atoms with Gasteiger partial charge in [-0.25, -0.2) is 9.78 Å². The molecule has 0 fully saturated rings. The first-order valence-electron chi connectivity index (χ1n) is 7.01. The third-order valence-electron chi connectivity index (χ3n) is 3.18. The van der Waals surface area contributed by atoms with Crippen molar-refractivity contribution in [2.24, 2.45) is 0 Å². The predicted octanol–water partition coefficient (Wildman–Crippen LogP) is 2.23. The lowest BCUT2D eigenvalue weighted by Crippen LogP contribution is -2.34. The second-order valence-electron chi connectivity index (χ2n) is 4.65. The Bertz CT molecular complexity index is 795. The van der Waals surface area contributed by atoms with Crippen molar-refractivity contribution in [2.75, 3.05) is 18.1 Å². The molecule has 23 heavy (non-hydrogen) atoms. The quantitative estimate of drug-likeness (QED) is 0.725. The average Bonchev–Trinajstić information content (AvgIpc) is 3.22. The van der Waals surface area contributed by atoms with Crippen LogP contribution in [0.15, 0.2) is 36.5 Å². The summed E-state index contributed by atoms with van der Waals surface area (Å²) in [7, 11) is 0. The molecule has 1 aromatic carbocycles. The number of hydrogen-bond acceptors (Lipinski definition) is 6. The number of likely N-dealkylation sites (N-methyl/N-ethyl adjacent to an activating group) is 1. The van der Waals surface area contributed by atoms with Gasteiger partial charge >= 0.3 is 5.97 Å². The molecule has 0 unspecified atom stereocenters. The second kappa shape index (κ2) is 6.57. The van der Waals surface area contributed by atoms with Gasteiger partial charge in [0.05, 0.1) is 10.2 Å². The highest BCUT2D eigenvalue weighted by Gasteiger charge is 2.20. The zero-order valence-corrected chi connectivity index (χ0v) is 13.2. The minimum absolute atomic E-state index is 0.209. The van der Waals surface area contributed by atoms with Crippen molar-refractivity contribution in [3.05, 3.63) is 42.2 Å². The van der Waals surface area contributed by atoms with Crippen LogP contribution in [0.3, 0.4) is 0 Å². The molecule has 0 aliphatic rings. The first kappa shape index (κ1) is 15.2. The van der Waals surface area contributed by atoms with E-state index in [1.165, 1.54) is 28.5 Å². The molecule has 1 amide bonds. The zero-order chi connectivity index (χ0) is 16.2. The molecule has 0 bridgehead atoms. The molecule has 118 valence electrons. The minimum atomic E-state index is -0.615. The number of benzene rings is 1. The second-order valence-corrected chi connectivity index (χ2v) is 5.66. The highest BCUT2D eigenvalue weighted by molar-refractivity contribution is 7.22. The van der Waals surface area contributed by atoms with Crippen LogP contribution < -0.4 is 4.90 Å². The molecule has 0 aliphatic heterocycles. The normalized spacial score (nSPS) is 10.7. The highest BCUT2D eigenvalue weighted by Crippen LogP contribution is 2.28. The minimum Gasteiger partial charge on any atom is -0.451 e. The standard InChI is InChI=1S/C15H14N4O3S/c1-2-19(15-17-10-5-3-4-6-12(10)23-15)13(20)9-22-14(21)11-7-8-16-18-11/h3-8H,2,9H2,1H3,(H,16,18). The number of hydrogen-bond donors (Lipinski definition) is 1. The molecular formula is C15H14N4O3S. The van der Waals surface area contributed by atoms with E-state index < -0.39 is 5.97 Å². The molecule has 0 saturated carbocycles. The number of fused-ring (bicyclic) bond motifs is 1. The van der Waals surface area contributed by atoms with E-state index in [4.69, 9.17) is 4.74 Å². The lowest BCUT2D eigenvalue weighted by molar-refractivity contribution is -0.121. The van der Waals surface area contributed by atoms with E-state index in [0.717, 1.165) is 10.2 Å². The Morgan fingerprint density at radius 1 is 1.30 bits per heavy atom. The van der Waals surface area contributed by atoms with Crippen molar-refractivity contribution >= 4 is 38.6 Å². The molecule has 1 N–H and O–H groups in total. The summed E-state index contributed by atoms with van der Waals surface area (Å²) >= 11 is 1.43. The number of esters is 1. The molecule has 0 saturated heterocycles. The number of thiazole rings is 1. The Balaban J connectivity index is 1.70. The molecule has 3 aromatic rings. The number of ether oxygens (including phenoxy) is 1.